The molecular weight excluding hydrogens is 280 g/mol. The van der Waals surface area contributed by atoms with Gasteiger partial charge in [-0.25, -0.2) is 4.98 Å². The van der Waals surface area contributed by atoms with Crippen LogP contribution < -0.4 is 10.2 Å². The van der Waals surface area contributed by atoms with Crippen LogP contribution in [0.2, 0.25) is 0 Å². The lowest BCUT2D eigenvalue weighted by Gasteiger charge is -2.19. The minimum atomic E-state index is 0.951. The Morgan fingerprint density at radius 3 is 2.57 bits per heavy atom. The Labute approximate surface area is 133 Å². The van der Waals surface area contributed by atoms with Crippen molar-refractivity contribution in [3.8, 4) is 0 Å². The molecule has 0 atom stereocenters. The number of aromatic nitrogens is 1. The molecule has 0 bridgehead atoms. The van der Waals surface area contributed by atoms with Crippen molar-refractivity contribution < 1.29 is 0 Å². The first-order chi connectivity index (χ1) is 10.3. The number of likely N-dealkylation sites (tertiary alicyclic amines) is 1. The highest BCUT2D eigenvalue weighted by atomic mass is 32.1. The summed E-state index contributed by atoms with van der Waals surface area (Å²) < 4.78 is 0. The van der Waals surface area contributed by atoms with E-state index in [1.807, 2.05) is 17.5 Å². The van der Waals surface area contributed by atoms with Gasteiger partial charge in [0.15, 0.2) is 5.13 Å². The summed E-state index contributed by atoms with van der Waals surface area (Å²) in [5, 5.41) is 4.72. The summed E-state index contributed by atoms with van der Waals surface area (Å²) in [5.74, 6) is 0. The fourth-order valence-electron chi connectivity index (χ4n) is 2.83. The van der Waals surface area contributed by atoms with Crippen LogP contribution in [-0.2, 0) is 6.54 Å². The molecule has 0 aliphatic carbocycles. The second-order valence-electron chi connectivity index (χ2n) is 5.71. The monoisotopic (exact) mass is 310 g/mol. The molecule has 0 radical (unpaired) electrons. The van der Waals surface area contributed by atoms with Gasteiger partial charge < -0.3 is 15.1 Å². The van der Waals surface area contributed by atoms with Crippen molar-refractivity contribution in [3.05, 3.63) is 11.1 Å². The SMILES string of the molecule is CCN(CC)c1ncc(CNCCN2CCCCCC2)s1. The van der Waals surface area contributed by atoms with Crippen molar-refractivity contribution in [1.29, 1.82) is 0 Å². The molecule has 5 heteroatoms. The minimum absolute atomic E-state index is 0.951. The summed E-state index contributed by atoms with van der Waals surface area (Å²) >= 11 is 1.82. The van der Waals surface area contributed by atoms with Crippen LogP contribution in [-0.4, -0.2) is 49.2 Å². The maximum Gasteiger partial charge on any atom is 0.185 e. The van der Waals surface area contributed by atoms with Crippen LogP contribution in [0.3, 0.4) is 0 Å². The van der Waals surface area contributed by atoms with E-state index in [1.165, 1.54) is 50.2 Å². The first-order valence-corrected chi connectivity index (χ1v) is 9.27. The van der Waals surface area contributed by atoms with Gasteiger partial charge in [-0.3, -0.25) is 0 Å². The molecule has 1 aromatic heterocycles. The number of anilines is 1. The molecule has 1 fully saturated rings. The predicted molar refractivity (Wildman–Crippen MR) is 92.3 cm³/mol. The molecule has 1 aromatic rings. The lowest BCUT2D eigenvalue weighted by Crippen LogP contribution is -2.32. The van der Waals surface area contributed by atoms with Crippen LogP contribution in [0, 0.1) is 0 Å². The summed E-state index contributed by atoms with van der Waals surface area (Å²) in [4.78, 5) is 10.8. The van der Waals surface area contributed by atoms with E-state index in [9.17, 15) is 0 Å². The highest BCUT2D eigenvalue weighted by Gasteiger charge is 2.09. The Bertz CT molecular complexity index is 381. The van der Waals surface area contributed by atoms with Gasteiger partial charge in [0.2, 0.25) is 0 Å². The molecule has 1 saturated heterocycles. The normalized spacial score (nSPS) is 16.9. The first-order valence-electron chi connectivity index (χ1n) is 8.46. The lowest BCUT2D eigenvalue weighted by atomic mass is 10.2. The maximum atomic E-state index is 4.53. The van der Waals surface area contributed by atoms with Gasteiger partial charge in [-0.15, -0.1) is 11.3 Å². The molecule has 120 valence electrons. The van der Waals surface area contributed by atoms with Crippen molar-refractivity contribution in [2.24, 2.45) is 0 Å². The Morgan fingerprint density at radius 1 is 1.19 bits per heavy atom. The molecule has 0 saturated carbocycles. The zero-order valence-electron chi connectivity index (χ0n) is 13.6. The first kappa shape index (κ1) is 16.7. The van der Waals surface area contributed by atoms with Gasteiger partial charge in [-0.1, -0.05) is 12.8 Å². The second-order valence-corrected chi connectivity index (χ2v) is 6.81. The molecule has 1 aliphatic rings. The molecule has 0 amide bonds. The minimum Gasteiger partial charge on any atom is -0.349 e. The second kappa shape index (κ2) is 9.38. The van der Waals surface area contributed by atoms with Gasteiger partial charge >= 0.3 is 0 Å². The van der Waals surface area contributed by atoms with E-state index in [2.05, 4.69) is 33.9 Å². The maximum absolute atomic E-state index is 4.53. The van der Waals surface area contributed by atoms with Gasteiger partial charge in [0.05, 0.1) is 0 Å². The van der Waals surface area contributed by atoms with Crippen molar-refractivity contribution in [1.82, 2.24) is 15.2 Å². The average Bonchev–Trinajstić information content (AvgIpc) is 2.81. The number of nitrogens with zero attached hydrogens (tertiary/aromatic N) is 3. The molecule has 2 rings (SSSR count). The van der Waals surface area contributed by atoms with Crippen LogP contribution >= 0.6 is 11.3 Å². The fourth-order valence-corrected chi connectivity index (χ4v) is 3.83. The third-order valence-corrected chi connectivity index (χ3v) is 5.24. The van der Waals surface area contributed by atoms with Gasteiger partial charge in [-0.2, -0.15) is 0 Å². The third-order valence-electron chi connectivity index (χ3n) is 4.18. The quantitative estimate of drug-likeness (QED) is 0.748. The van der Waals surface area contributed by atoms with E-state index in [4.69, 9.17) is 0 Å². The van der Waals surface area contributed by atoms with Crippen molar-refractivity contribution in [3.63, 3.8) is 0 Å². The van der Waals surface area contributed by atoms with E-state index >= 15 is 0 Å². The van der Waals surface area contributed by atoms with Crippen LogP contribution in [0.15, 0.2) is 6.20 Å². The van der Waals surface area contributed by atoms with Crippen LogP contribution in [0.4, 0.5) is 5.13 Å². The molecule has 0 unspecified atom stereocenters. The number of hydrogen-bond donors (Lipinski definition) is 1. The summed E-state index contributed by atoms with van der Waals surface area (Å²) in [6, 6.07) is 0. The standard InChI is InChI=1S/C16H30N4S/c1-3-20(4-2)16-18-14-15(21-16)13-17-9-12-19-10-7-5-6-8-11-19/h14,17H,3-13H2,1-2H3. The lowest BCUT2D eigenvalue weighted by molar-refractivity contribution is 0.284. The Kier molecular flexibility index (Phi) is 7.47. The largest absolute Gasteiger partial charge is 0.349 e. The molecule has 21 heavy (non-hydrogen) atoms. The number of rotatable bonds is 8. The van der Waals surface area contributed by atoms with E-state index in [1.54, 1.807) is 0 Å². The van der Waals surface area contributed by atoms with Gasteiger partial charge in [-0.05, 0) is 39.8 Å². The zero-order chi connectivity index (χ0) is 14.9. The smallest absolute Gasteiger partial charge is 0.185 e. The van der Waals surface area contributed by atoms with E-state index in [0.717, 1.165) is 31.3 Å². The van der Waals surface area contributed by atoms with Crippen molar-refractivity contribution >= 4 is 16.5 Å². The zero-order valence-corrected chi connectivity index (χ0v) is 14.4. The Balaban J connectivity index is 1.66. The molecule has 0 aromatic carbocycles. The van der Waals surface area contributed by atoms with Gasteiger partial charge in [0.25, 0.3) is 0 Å². The predicted octanol–water partition coefficient (Wildman–Crippen LogP) is 2.95. The number of hydrogen-bond acceptors (Lipinski definition) is 5. The Morgan fingerprint density at radius 2 is 1.90 bits per heavy atom. The summed E-state index contributed by atoms with van der Waals surface area (Å²) in [6.45, 7) is 12.2. The van der Waals surface area contributed by atoms with Crippen LogP contribution in [0.25, 0.3) is 0 Å². The van der Waals surface area contributed by atoms with Gasteiger partial charge in [0.1, 0.15) is 0 Å². The molecule has 1 aliphatic heterocycles. The number of nitrogens with one attached hydrogen (secondary N) is 1. The molecular formula is C16H30N4S. The third kappa shape index (κ3) is 5.57. The van der Waals surface area contributed by atoms with Crippen LogP contribution in [0.5, 0.6) is 0 Å². The average molecular weight is 311 g/mol. The summed E-state index contributed by atoms with van der Waals surface area (Å²) in [7, 11) is 0. The number of thiazole rings is 1. The van der Waals surface area contributed by atoms with Crippen LogP contribution in [0.1, 0.15) is 44.4 Å². The van der Waals surface area contributed by atoms with Crippen molar-refractivity contribution in [2.45, 2.75) is 46.1 Å². The van der Waals surface area contributed by atoms with E-state index in [0.29, 0.717) is 0 Å². The molecule has 2 heterocycles. The molecule has 0 spiro atoms. The van der Waals surface area contributed by atoms with E-state index in [-0.39, 0.29) is 0 Å². The topological polar surface area (TPSA) is 31.4 Å². The molecule has 1 N–H and O–H groups in total. The summed E-state index contributed by atoms with van der Waals surface area (Å²) in [5.41, 5.74) is 0. The summed E-state index contributed by atoms with van der Waals surface area (Å²) in [6.07, 6.45) is 7.61. The molecule has 4 nitrogen and oxygen atoms in total. The van der Waals surface area contributed by atoms with E-state index < -0.39 is 0 Å². The fraction of sp³-hybridized carbons (Fsp3) is 0.812. The highest BCUT2D eigenvalue weighted by Crippen LogP contribution is 2.21. The van der Waals surface area contributed by atoms with Gasteiger partial charge in [0, 0.05) is 43.8 Å². The highest BCUT2D eigenvalue weighted by molar-refractivity contribution is 7.15. The van der Waals surface area contributed by atoms with Crippen molar-refractivity contribution in [2.75, 3.05) is 44.2 Å². The Hall–Kier alpha value is -0.650.